The lowest BCUT2D eigenvalue weighted by Gasteiger charge is -2.37. The first-order valence-corrected chi connectivity index (χ1v) is 7.56. The van der Waals surface area contributed by atoms with Crippen molar-refractivity contribution in [2.75, 3.05) is 13.1 Å². The van der Waals surface area contributed by atoms with Crippen LogP contribution in [-0.2, 0) is 11.3 Å². The van der Waals surface area contributed by atoms with Gasteiger partial charge >= 0.3 is 5.97 Å². The van der Waals surface area contributed by atoms with Crippen molar-refractivity contribution in [1.29, 1.82) is 0 Å². The number of aromatic carboxylic acids is 1. The molecule has 6 heteroatoms. The van der Waals surface area contributed by atoms with E-state index < -0.39 is 5.97 Å². The molecule has 20 heavy (non-hydrogen) atoms. The zero-order valence-corrected chi connectivity index (χ0v) is 12.8. The third-order valence-electron chi connectivity index (χ3n) is 3.60. The average molecular weight is 296 g/mol. The molecule has 1 aliphatic heterocycles. The molecule has 1 aromatic rings. The Hall–Kier alpha value is -1.40. The quantitative estimate of drug-likeness (QED) is 0.887. The molecule has 1 aromatic heterocycles. The maximum absolute atomic E-state index is 12.0. The summed E-state index contributed by atoms with van der Waals surface area (Å²) >= 11 is 1.29. The summed E-state index contributed by atoms with van der Waals surface area (Å²) in [6, 6.07) is 1.59. The molecule has 0 spiro atoms. The SMILES string of the molecule is Cc1sc(C(=O)O)cc1CN1CCNC(=O)C1C(C)C. The highest BCUT2D eigenvalue weighted by molar-refractivity contribution is 7.14. The van der Waals surface area contributed by atoms with Gasteiger partial charge in [-0.15, -0.1) is 11.3 Å². The van der Waals surface area contributed by atoms with Gasteiger partial charge < -0.3 is 10.4 Å². The number of aryl methyl sites for hydroxylation is 1. The number of rotatable bonds is 4. The summed E-state index contributed by atoms with van der Waals surface area (Å²) in [6.45, 7) is 8.08. The molecule has 0 aromatic carbocycles. The van der Waals surface area contributed by atoms with E-state index in [2.05, 4.69) is 10.2 Å². The summed E-state index contributed by atoms with van der Waals surface area (Å²) < 4.78 is 0. The zero-order chi connectivity index (χ0) is 14.9. The van der Waals surface area contributed by atoms with Crippen LogP contribution in [0.25, 0.3) is 0 Å². The van der Waals surface area contributed by atoms with Crippen molar-refractivity contribution >= 4 is 23.2 Å². The Labute approximate surface area is 122 Å². The van der Waals surface area contributed by atoms with E-state index in [9.17, 15) is 9.59 Å². The lowest BCUT2D eigenvalue weighted by molar-refractivity contribution is -0.131. The molecule has 1 atom stereocenters. The highest BCUT2D eigenvalue weighted by Crippen LogP contribution is 2.25. The summed E-state index contributed by atoms with van der Waals surface area (Å²) in [5, 5.41) is 11.9. The normalized spacial score (nSPS) is 20.2. The van der Waals surface area contributed by atoms with Gasteiger partial charge in [0.2, 0.25) is 5.91 Å². The Kier molecular flexibility index (Phi) is 4.45. The number of amides is 1. The number of carbonyl (C=O) groups is 2. The van der Waals surface area contributed by atoms with Gasteiger partial charge in [0, 0.05) is 24.5 Å². The second-order valence-corrected chi connectivity index (χ2v) is 6.70. The number of nitrogens with one attached hydrogen (secondary N) is 1. The minimum absolute atomic E-state index is 0.0672. The number of carboxylic acids is 1. The molecule has 1 unspecified atom stereocenters. The first-order valence-electron chi connectivity index (χ1n) is 6.74. The van der Waals surface area contributed by atoms with Gasteiger partial charge in [-0.05, 0) is 24.5 Å². The Balaban J connectivity index is 2.19. The highest BCUT2D eigenvalue weighted by atomic mass is 32.1. The highest BCUT2D eigenvalue weighted by Gasteiger charge is 2.32. The Bertz CT molecular complexity index is 524. The van der Waals surface area contributed by atoms with Gasteiger partial charge in [-0.2, -0.15) is 0 Å². The molecule has 0 aliphatic carbocycles. The third-order valence-corrected chi connectivity index (χ3v) is 4.68. The monoisotopic (exact) mass is 296 g/mol. The first kappa shape index (κ1) is 15.0. The molecule has 1 aliphatic rings. The van der Waals surface area contributed by atoms with Crippen LogP contribution in [0.1, 0.15) is 34.0 Å². The van der Waals surface area contributed by atoms with Crippen molar-refractivity contribution in [2.45, 2.75) is 33.4 Å². The Morgan fingerprint density at radius 3 is 2.85 bits per heavy atom. The second-order valence-electron chi connectivity index (χ2n) is 5.45. The average Bonchev–Trinajstić information content (AvgIpc) is 2.71. The van der Waals surface area contributed by atoms with Crippen molar-refractivity contribution in [2.24, 2.45) is 5.92 Å². The van der Waals surface area contributed by atoms with Crippen molar-refractivity contribution in [1.82, 2.24) is 10.2 Å². The van der Waals surface area contributed by atoms with Crippen LogP contribution in [0.15, 0.2) is 6.07 Å². The van der Waals surface area contributed by atoms with E-state index >= 15 is 0 Å². The van der Waals surface area contributed by atoms with Gasteiger partial charge in [-0.3, -0.25) is 9.69 Å². The molecule has 110 valence electrons. The fourth-order valence-corrected chi connectivity index (χ4v) is 3.51. The number of carbonyl (C=O) groups excluding carboxylic acids is 1. The fourth-order valence-electron chi connectivity index (χ4n) is 2.63. The topological polar surface area (TPSA) is 69.6 Å². The van der Waals surface area contributed by atoms with Crippen LogP contribution in [-0.4, -0.2) is 41.0 Å². The predicted molar refractivity (Wildman–Crippen MR) is 78.1 cm³/mol. The van der Waals surface area contributed by atoms with E-state index in [1.165, 1.54) is 11.3 Å². The van der Waals surface area contributed by atoms with Gasteiger partial charge in [-0.1, -0.05) is 13.8 Å². The van der Waals surface area contributed by atoms with Gasteiger partial charge in [0.15, 0.2) is 0 Å². The van der Waals surface area contributed by atoms with E-state index in [4.69, 9.17) is 5.11 Å². The molecule has 1 saturated heterocycles. The number of carboxylic acid groups (broad SMARTS) is 1. The van der Waals surface area contributed by atoms with Crippen molar-refractivity contribution in [3.63, 3.8) is 0 Å². The molecule has 5 nitrogen and oxygen atoms in total. The summed E-state index contributed by atoms with van der Waals surface area (Å²) in [5.74, 6) is -0.591. The van der Waals surface area contributed by atoms with E-state index in [0.717, 1.165) is 17.0 Å². The summed E-state index contributed by atoms with van der Waals surface area (Å²) in [7, 11) is 0. The molecule has 1 fully saturated rings. The van der Waals surface area contributed by atoms with Crippen LogP contribution >= 0.6 is 11.3 Å². The molecule has 2 rings (SSSR count). The number of nitrogens with zero attached hydrogens (tertiary/aromatic N) is 1. The summed E-state index contributed by atoms with van der Waals surface area (Å²) in [5.41, 5.74) is 1.01. The maximum Gasteiger partial charge on any atom is 0.345 e. The lowest BCUT2D eigenvalue weighted by Crippen LogP contribution is -2.56. The lowest BCUT2D eigenvalue weighted by atomic mass is 9.99. The molecule has 2 heterocycles. The van der Waals surface area contributed by atoms with Gasteiger partial charge in [0.25, 0.3) is 0 Å². The molecule has 0 saturated carbocycles. The zero-order valence-electron chi connectivity index (χ0n) is 12.0. The molecular formula is C14H20N2O3S. The molecule has 0 bridgehead atoms. The van der Waals surface area contributed by atoms with Gasteiger partial charge in [0.1, 0.15) is 4.88 Å². The van der Waals surface area contributed by atoms with Gasteiger partial charge in [0.05, 0.1) is 6.04 Å². The molecular weight excluding hydrogens is 276 g/mol. The van der Waals surface area contributed by atoms with Gasteiger partial charge in [-0.25, -0.2) is 4.79 Å². The fraction of sp³-hybridized carbons (Fsp3) is 0.571. The number of hydrogen-bond donors (Lipinski definition) is 2. The van der Waals surface area contributed by atoms with E-state index in [-0.39, 0.29) is 17.9 Å². The number of thiophene rings is 1. The van der Waals surface area contributed by atoms with E-state index in [0.29, 0.717) is 18.0 Å². The Morgan fingerprint density at radius 1 is 1.60 bits per heavy atom. The first-order chi connectivity index (χ1) is 9.40. The Morgan fingerprint density at radius 2 is 2.30 bits per heavy atom. The van der Waals surface area contributed by atoms with E-state index in [1.54, 1.807) is 6.07 Å². The standard InChI is InChI=1S/C14H20N2O3S/c1-8(2)12-13(17)15-4-5-16(12)7-10-6-11(14(18)19)20-9(10)3/h6,8,12H,4-5,7H2,1-3H3,(H,15,17)(H,18,19). The number of hydrogen-bond acceptors (Lipinski definition) is 4. The van der Waals surface area contributed by atoms with Crippen molar-refractivity contribution in [3.8, 4) is 0 Å². The third kappa shape index (κ3) is 3.02. The predicted octanol–water partition coefficient (Wildman–Crippen LogP) is 1.71. The molecule has 0 radical (unpaired) electrons. The van der Waals surface area contributed by atoms with Crippen molar-refractivity contribution in [3.05, 3.63) is 21.4 Å². The van der Waals surface area contributed by atoms with Crippen LogP contribution in [0, 0.1) is 12.8 Å². The smallest absolute Gasteiger partial charge is 0.345 e. The van der Waals surface area contributed by atoms with Crippen LogP contribution in [0.3, 0.4) is 0 Å². The minimum Gasteiger partial charge on any atom is -0.477 e. The van der Waals surface area contributed by atoms with Crippen LogP contribution in [0.5, 0.6) is 0 Å². The molecule has 2 N–H and O–H groups in total. The largest absolute Gasteiger partial charge is 0.477 e. The maximum atomic E-state index is 12.0. The van der Waals surface area contributed by atoms with E-state index in [1.807, 2.05) is 20.8 Å². The summed E-state index contributed by atoms with van der Waals surface area (Å²) in [6.07, 6.45) is 0. The summed E-state index contributed by atoms with van der Waals surface area (Å²) in [4.78, 5) is 26.5. The second kappa shape index (κ2) is 5.93. The van der Waals surface area contributed by atoms with Crippen LogP contribution < -0.4 is 5.32 Å². The molecule has 1 amide bonds. The van der Waals surface area contributed by atoms with Crippen LogP contribution in [0.2, 0.25) is 0 Å². The number of piperazine rings is 1. The minimum atomic E-state index is -0.888. The van der Waals surface area contributed by atoms with Crippen molar-refractivity contribution < 1.29 is 14.7 Å². The van der Waals surface area contributed by atoms with Crippen LogP contribution in [0.4, 0.5) is 0 Å².